The van der Waals surface area contributed by atoms with Crippen LogP contribution in [0.4, 0.5) is 10.1 Å². The van der Waals surface area contributed by atoms with Gasteiger partial charge in [-0.3, -0.25) is 18.4 Å². The van der Waals surface area contributed by atoms with E-state index in [0.29, 0.717) is 27.8 Å². The normalized spacial score (nSPS) is 13.2. The molecule has 1 amide bonds. The summed E-state index contributed by atoms with van der Waals surface area (Å²) in [7, 11) is -2.40. The van der Waals surface area contributed by atoms with E-state index in [0.717, 1.165) is 11.1 Å². The van der Waals surface area contributed by atoms with E-state index in [9.17, 15) is 13.8 Å². The van der Waals surface area contributed by atoms with Gasteiger partial charge in [-0.1, -0.05) is 18.7 Å². The second-order valence-corrected chi connectivity index (χ2v) is 13.6. The molecule has 4 aromatic rings. The van der Waals surface area contributed by atoms with Crippen LogP contribution < -0.4 is 4.90 Å². The molecule has 0 saturated carbocycles. The molecule has 0 radical (unpaired) electrons. The predicted octanol–water partition coefficient (Wildman–Crippen LogP) is 8.33. The van der Waals surface area contributed by atoms with Crippen LogP contribution in [-0.4, -0.2) is 38.7 Å². The van der Waals surface area contributed by atoms with Crippen LogP contribution in [-0.2, 0) is 22.9 Å². The number of carbonyl (C=O) groups is 1. The van der Waals surface area contributed by atoms with Crippen molar-refractivity contribution in [1.29, 1.82) is 0 Å². The van der Waals surface area contributed by atoms with Crippen molar-refractivity contribution in [1.82, 2.24) is 14.5 Å². The Kier molecular flexibility index (Phi) is 9.09. The minimum Gasteiger partial charge on any atom is -0.312 e. The largest absolute Gasteiger partial charge is 0.477 e. The highest BCUT2D eigenvalue weighted by Crippen LogP contribution is 2.57. The molecule has 0 aliphatic carbocycles. The second-order valence-electron chi connectivity index (χ2n) is 12.1. The Labute approximate surface area is 251 Å². The Balaban J connectivity index is 1.84. The number of nitrogens with zero attached hydrogens (tertiary/aromatic N) is 4. The first-order valence-corrected chi connectivity index (χ1v) is 15.3. The molecule has 228 valence electrons. The molecule has 11 heteroatoms. The molecule has 0 spiro atoms. The van der Waals surface area contributed by atoms with E-state index in [1.54, 1.807) is 78.5 Å². The summed E-state index contributed by atoms with van der Waals surface area (Å²) >= 11 is 0. The van der Waals surface area contributed by atoms with Crippen molar-refractivity contribution in [3.8, 4) is 22.3 Å². The molecule has 3 aromatic heterocycles. The fraction of sp³-hybridized carbons (Fsp3) is 0.344. The summed E-state index contributed by atoms with van der Waals surface area (Å²) in [6.45, 7) is 15.9. The maximum absolute atomic E-state index is 14.2. The zero-order valence-corrected chi connectivity index (χ0v) is 26.7. The van der Waals surface area contributed by atoms with Crippen molar-refractivity contribution in [2.45, 2.75) is 65.9 Å². The van der Waals surface area contributed by atoms with Crippen LogP contribution in [0.1, 0.15) is 54.7 Å². The van der Waals surface area contributed by atoms with Gasteiger partial charge in [0.05, 0.1) is 11.2 Å². The van der Waals surface area contributed by atoms with Gasteiger partial charge in [0.25, 0.3) is 0 Å². The fourth-order valence-electron chi connectivity index (χ4n) is 4.49. The van der Waals surface area contributed by atoms with Gasteiger partial charge in [-0.25, -0.2) is 14.5 Å². The molecule has 0 saturated heterocycles. The highest BCUT2D eigenvalue weighted by atomic mass is 31.2. The molecule has 43 heavy (non-hydrogen) atoms. The van der Waals surface area contributed by atoms with E-state index in [2.05, 4.69) is 11.6 Å². The van der Waals surface area contributed by atoms with Crippen molar-refractivity contribution in [3.05, 3.63) is 79.7 Å². The number of likely N-dealkylation sites (N-methyl/N-ethyl adjacent to an activating group) is 1. The van der Waals surface area contributed by atoms with Gasteiger partial charge in [0.1, 0.15) is 11.9 Å². The van der Waals surface area contributed by atoms with E-state index in [4.69, 9.17) is 18.6 Å². The number of aromatic nitrogens is 3. The van der Waals surface area contributed by atoms with Crippen molar-refractivity contribution in [2.75, 3.05) is 11.9 Å². The van der Waals surface area contributed by atoms with Gasteiger partial charge in [-0.2, -0.15) is 4.39 Å². The number of rotatable bonds is 9. The fourth-order valence-corrected chi connectivity index (χ4v) is 6.43. The molecule has 4 rings (SSSR count). The van der Waals surface area contributed by atoms with Crippen molar-refractivity contribution in [3.63, 3.8) is 0 Å². The van der Waals surface area contributed by atoms with Gasteiger partial charge < -0.3 is 9.47 Å². The Morgan fingerprint density at radius 1 is 1.02 bits per heavy atom. The average molecular weight is 609 g/mol. The summed E-state index contributed by atoms with van der Waals surface area (Å²) in [6.07, 6.45) is 5.27. The highest BCUT2D eigenvalue weighted by molar-refractivity contribution is 7.48. The molecule has 0 N–H and O–H groups in total. The van der Waals surface area contributed by atoms with Gasteiger partial charge in [-0.15, -0.1) is 0 Å². The van der Waals surface area contributed by atoms with Gasteiger partial charge in [0.2, 0.25) is 11.9 Å². The lowest BCUT2D eigenvalue weighted by Gasteiger charge is -2.32. The summed E-state index contributed by atoms with van der Waals surface area (Å²) in [4.78, 5) is 22.1. The SMILES string of the molecule is C=CC(=O)N(C)c1cccc(-c2cnc3c(c2)c(-c2ccnc(F)c2)cn3C(C)OP(=O)(OC(C)(C)C)OC(C)(C)C)c1. The van der Waals surface area contributed by atoms with Crippen LogP contribution in [0.2, 0.25) is 0 Å². The Morgan fingerprint density at radius 2 is 1.70 bits per heavy atom. The van der Waals surface area contributed by atoms with Crippen LogP contribution in [0.15, 0.2) is 73.7 Å². The minimum atomic E-state index is -4.07. The van der Waals surface area contributed by atoms with E-state index in [1.807, 2.05) is 30.3 Å². The van der Waals surface area contributed by atoms with Crippen molar-refractivity contribution >= 4 is 30.5 Å². The number of fused-ring (bicyclic) bond motifs is 1. The maximum Gasteiger partial charge on any atom is 0.477 e. The lowest BCUT2D eigenvalue weighted by molar-refractivity contribution is -0.113. The van der Waals surface area contributed by atoms with Gasteiger partial charge >= 0.3 is 7.82 Å². The Hall–Kier alpha value is -3.69. The number of hydrogen-bond acceptors (Lipinski definition) is 7. The van der Waals surface area contributed by atoms with Gasteiger partial charge in [-0.05, 0) is 89.9 Å². The molecule has 3 heterocycles. The third-order valence-corrected chi connectivity index (χ3v) is 8.33. The van der Waals surface area contributed by atoms with Crippen LogP contribution in [0.5, 0.6) is 0 Å². The summed E-state index contributed by atoms with van der Waals surface area (Å²) in [6, 6.07) is 12.4. The number of anilines is 1. The smallest absolute Gasteiger partial charge is 0.312 e. The minimum absolute atomic E-state index is 0.234. The molecule has 1 unspecified atom stereocenters. The zero-order chi connectivity index (χ0) is 31.7. The first-order chi connectivity index (χ1) is 20.0. The topological polar surface area (TPSA) is 95.8 Å². The molecular formula is C32H38FN4O5P. The van der Waals surface area contributed by atoms with E-state index in [1.165, 1.54) is 23.2 Å². The van der Waals surface area contributed by atoms with Crippen LogP contribution in [0, 0.1) is 5.95 Å². The van der Waals surface area contributed by atoms with Gasteiger partial charge in [0, 0.05) is 53.9 Å². The first kappa shape index (κ1) is 32.2. The third-order valence-electron chi connectivity index (χ3n) is 6.22. The number of halogens is 1. The molecule has 0 aliphatic rings. The number of phosphoric acid groups is 1. The predicted molar refractivity (Wildman–Crippen MR) is 167 cm³/mol. The Morgan fingerprint density at radius 3 is 2.30 bits per heavy atom. The number of phosphoric ester groups is 1. The standard InChI is InChI=1S/C32H38FN4O5P/c1-10-29(38)36(9)25-13-11-12-22(16-25)24-17-26-27(23-14-15-34-28(33)18-23)20-37(30(26)35-19-24)21(2)40-43(39,41-31(3,4)5)42-32(6,7)8/h10-21H,1H2,2-9H3. The average Bonchev–Trinajstić information content (AvgIpc) is 3.29. The van der Waals surface area contributed by atoms with Crippen molar-refractivity contribution in [2.24, 2.45) is 0 Å². The molecule has 1 atom stereocenters. The zero-order valence-electron chi connectivity index (χ0n) is 25.8. The number of amides is 1. The quantitative estimate of drug-likeness (QED) is 0.107. The summed E-state index contributed by atoms with van der Waals surface area (Å²) in [5, 5.41) is 0.697. The number of carbonyl (C=O) groups excluding carboxylic acids is 1. The Bertz CT molecular complexity index is 1690. The van der Waals surface area contributed by atoms with E-state index < -0.39 is 31.2 Å². The summed E-state index contributed by atoms with van der Waals surface area (Å²) < 4.78 is 47.6. The molecule has 1 aromatic carbocycles. The second kappa shape index (κ2) is 12.1. The van der Waals surface area contributed by atoms with E-state index >= 15 is 0 Å². The number of pyridine rings is 2. The third kappa shape index (κ3) is 7.83. The molecule has 9 nitrogen and oxygen atoms in total. The van der Waals surface area contributed by atoms with Crippen LogP contribution >= 0.6 is 7.82 Å². The van der Waals surface area contributed by atoms with Crippen LogP contribution in [0.3, 0.4) is 0 Å². The van der Waals surface area contributed by atoms with E-state index in [-0.39, 0.29) is 5.91 Å². The summed E-state index contributed by atoms with van der Waals surface area (Å²) in [5.74, 6) is -0.863. The summed E-state index contributed by atoms with van der Waals surface area (Å²) in [5.41, 5.74) is 2.40. The number of benzene rings is 1. The highest BCUT2D eigenvalue weighted by Gasteiger charge is 2.39. The molecule has 0 fully saturated rings. The lowest BCUT2D eigenvalue weighted by atomic mass is 10.0. The molecule has 0 aliphatic heterocycles. The lowest BCUT2D eigenvalue weighted by Crippen LogP contribution is -2.25. The first-order valence-electron chi connectivity index (χ1n) is 13.8. The molecule has 0 bridgehead atoms. The number of hydrogen-bond donors (Lipinski definition) is 0. The monoisotopic (exact) mass is 608 g/mol. The van der Waals surface area contributed by atoms with Crippen molar-refractivity contribution < 1.29 is 27.3 Å². The maximum atomic E-state index is 14.2. The molecular weight excluding hydrogens is 570 g/mol. The van der Waals surface area contributed by atoms with Gasteiger partial charge in [0.15, 0.2) is 0 Å². The van der Waals surface area contributed by atoms with Crippen LogP contribution in [0.25, 0.3) is 33.3 Å².